The summed E-state index contributed by atoms with van der Waals surface area (Å²) in [5.74, 6) is 1.40. The number of nitrogens with one attached hydrogen (secondary N) is 1. The predicted octanol–water partition coefficient (Wildman–Crippen LogP) is 4.14. The molecule has 7 heteroatoms. The standard InChI is InChI=1S/C23H25BrN2O4/c1-15(23(28)25-19-5-3-18(24)4-6-19)26-10-8-16(9-11-26)22(27)17-2-7-20-21(14-17)30-13-12-29-20/h2-7,14-16H,8-13H2,1H3,(H,25,28). The third-order valence-corrected chi connectivity index (χ3v) is 6.29. The predicted molar refractivity (Wildman–Crippen MR) is 118 cm³/mol. The number of nitrogens with zero attached hydrogens (tertiary/aromatic N) is 1. The maximum absolute atomic E-state index is 13.0. The highest BCUT2D eigenvalue weighted by Gasteiger charge is 2.30. The van der Waals surface area contributed by atoms with Crippen LogP contribution in [0.2, 0.25) is 0 Å². The number of hydrogen-bond acceptors (Lipinski definition) is 5. The largest absolute Gasteiger partial charge is 0.486 e. The number of hydrogen-bond donors (Lipinski definition) is 1. The summed E-state index contributed by atoms with van der Waals surface area (Å²) in [4.78, 5) is 27.7. The van der Waals surface area contributed by atoms with E-state index >= 15 is 0 Å². The molecule has 30 heavy (non-hydrogen) atoms. The van der Waals surface area contributed by atoms with E-state index in [4.69, 9.17) is 9.47 Å². The second kappa shape index (κ2) is 9.18. The van der Waals surface area contributed by atoms with E-state index in [0.29, 0.717) is 30.3 Å². The lowest BCUT2D eigenvalue weighted by molar-refractivity contribution is -0.121. The monoisotopic (exact) mass is 472 g/mol. The van der Waals surface area contributed by atoms with Crippen LogP contribution in [0.5, 0.6) is 11.5 Å². The fourth-order valence-corrected chi connectivity index (χ4v) is 4.19. The van der Waals surface area contributed by atoms with Gasteiger partial charge in [-0.3, -0.25) is 14.5 Å². The quantitative estimate of drug-likeness (QED) is 0.662. The highest BCUT2D eigenvalue weighted by Crippen LogP contribution is 2.32. The van der Waals surface area contributed by atoms with E-state index in [2.05, 4.69) is 26.1 Å². The van der Waals surface area contributed by atoms with Gasteiger partial charge in [0.1, 0.15) is 13.2 Å². The molecule has 0 bridgehead atoms. The normalized spacial score (nSPS) is 17.9. The van der Waals surface area contributed by atoms with Crippen LogP contribution in [0.1, 0.15) is 30.1 Å². The Hall–Kier alpha value is -2.38. The van der Waals surface area contributed by atoms with Gasteiger partial charge in [-0.25, -0.2) is 0 Å². The van der Waals surface area contributed by atoms with Gasteiger partial charge >= 0.3 is 0 Å². The molecule has 1 amide bonds. The van der Waals surface area contributed by atoms with Gasteiger partial charge in [-0.05, 0) is 75.3 Å². The van der Waals surface area contributed by atoms with Crippen molar-refractivity contribution in [1.29, 1.82) is 0 Å². The number of anilines is 1. The SMILES string of the molecule is CC(C(=O)Nc1ccc(Br)cc1)N1CCC(C(=O)c2ccc3c(c2)OCCO3)CC1. The number of ether oxygens (including phenoxy) is 2. The Kier molecular flexibility index (Phi) is 6.39. The van der Waals surface area contributed by atoms with Gasteiger partial charge in [0, 0.05) is 21.6 Å². The first-order chi connectivity index (χ1) is 14.5. The first-order valence-electron chi connectivity index (χ1n) is 10.3. The topological polar surface area (TPSA) is 67.9 Å². The van der Waals surface area contributed by atoms with E-state index in [-0.39, 0.29) is 23.7 Å². The highest BCUT2D eigenvalue weighted by atomic mass is 79.9. The Morgan fingerprint density at radius 2 is 1.70 bits per heavy atom. The van der Waals surface area contributed by atoms with Crippen LogP contribution < -0.4 is 14.8 Å². The molecule has 2 aliphatic rings. The molecule has 0 radical (unpaired) electrons. The number of amides is 1. The van der Waals surface area contributed by atoms with Crippen LogP contribution >= 0.6 is 15.9 Å². The van der Waals surface area contributed by atoms with Gasteiger partial charge in [-0.2, -0.15) is 0 Å². The summed E-state index contributed by atoms with van der Waals surface area (Å²) in [6.07, 6.45) is 1.48. The minimum Gasteiger partial charge on any atom is -0.486 e. The Morgan fingerprint density at radius 1 is 1.03 bits per heavy atom. The van der Waals surface area contributed by atoms with Gasteiger partial charge in [0.25, 0.3) is 0 Å². The Morgan fingerprint density at radius 3 is 2.40 bits per heavy atom. The number of halogens is 1. The fourth-order valence-electron chi connectivity index (χ4n) is 3.93. The third-order valence-electron chi connectivity index (χ3n) is 5.77. The van der Waals surface area contributed by atoms with Gasteiger partial charge < -0.3 is 14.8 Å². The van der Waals surface area contributed by atoms with E-state index in [0.717, 1.165) is 36.1 Å². The molecule has 1 unspecified atom stereocenters. The molecule has 2 aromatic carbocycles. The first-order valence-corrected chi connectivity index (χ1v) is 11.0. The summed E-state index contributed by atoms with van der Waals surface area (Å²) < 4.78 is 12.1. The molecule has 2 aliphatic heterocycles. The van der Waals surface area contributed by atoms with E-state index in [9.17, 15) is 9.59 Å². The van der Waals surface area contributed by atoms with Crippen LogP contribution in [0.25, 0.3) is 0 Å². The number of fused-ring (bicyclic) bond motifs is 1. The summed E-state index contributed by atoms with van der Waals surface area (Å²) in [6, 6.07) is 12.7. The van der Waals surface area contributed by atoms with E-state index in [1.807, 2.05) is 43.3 Å². The zero-order chi connectivity index (χ0) is 21.1. The minimum atomic E-state index is -0.251. The zero-order valence-electron chi connectivity index (χ0n) is 16.9. The number of likely N-dealkylation sites (tertiary alicyclic amines) is 1. The average molecular weight is 473 g/mol. The molecule has 4 rings (SSSR count). The highest BCUT2D eigenvalue weighted by molar-refractivity contribution is 9.10. The molecule has 6 nitrogen and oxygen atoms in total. The van der Waals surface area contributed by atoms with Crippen molar-refractivity contribution in [3.63, 3.8) is 0 Å². The summed E-state index contributed by atoms with van der Waals surface area (Å²) in [5, 5.41) is 2.96. The number of Topliss-reactive ketones (excluding diaryl/α,β-unsaturated/α-hetero) is 1. The van der Waals surface area contributed by atoms with Crippen LogP contribution in [-0.2, 0) is 4.79 Å². The lowest BCUT2D eigenvalue weighted by Crippen LogP contribution is -2.47. The van der Waals surface area contributed by atoms with Crippen LogP contribution in [0.15, 0.2) is 46.9 Å². The molecule has 0 aromatic heterocycles. The number of benzene rings is 2. The van der Waals surface area contributed by atoms with Crippen LogP contribution in [-0.4, -0.2) is 48.9 Å². The Balaban J connectivity index is 1.32. The van der Waals surface area contributed by atoms with Gasteiger partial charge in [-0.1, -0.05) is 15.9 Å². The molecule has 1 fully saturated rings. The minimum absolute atomic E-state index is 0.0334. The number of piperidine rings is 1. The van der Waals surface area contributed by atoms with Crippen molar-refractivity contribution in [3.8, 4) is 11.5 Å². The molecule has 158 valence electrons. The van der Waals surface area contributed by atoms with Gasteiger partial charge in [0.15, 0.2) is 17.3 Å². The summed E-state index contributed by atoms with van der Waals surface area (Å²) in [6.45, 7) is 4.39. The fraction of sp³-hybridized carbons (Fsp3) is 0.391. The van der Waals surface area contributed by atoms with Crippen molar-refractivity contribution in [2.24, 2.45) is 5.92 Å². The van der Waals surface area contributed by atoms with E-state index < -0.39 is 0 Å². The molecule has 1 atom stereocenters. The van der Waals surface area contributed by atoms with Gasteiger partial charge in [0.05, 0.1) is 6.04 Å². The molecular weight excluding hydrogens is 448 g/mol. The van der Waals surface area contributed by atoms with Crippen molar-refractivity contribution in [3.05, 3.63) is 52.5 Å². The molecule has 1 saturated heterocycles. The van der Waals surface area contributed by atoms with E-state index in [1.54, 1.807) is 6.07 Å². The Bertz CT molecular complexity index is 923. The van der Waals surface area contributed by atoms with Crippen molar-refractivity contribution in [1.82, 2.24) is 4.90 Å². The molecule has 0 aliphatic carbocycles. The molecular formula is C23H25BrN2O4. The number of rotatable bonds is 5. The summed E-state index contributed by atoms with van der Waals surface area (Å²) in [7, 11) is 0. The number of ketones is 1. The molecule has 0 spiro atoms. The maximum atomic E-state index is 13.0. The molecule has 2 aromatic rings. The number of carbonyl (C=O) groups is 2. The van der Waals surface area contributed by atoms with E-state index in [1.165, 1.54) is 0 Å². The van der Waals surface area contributed by atoms with Crippen LogP contribution in [0.3, 0.4) is 0 Å². The zero-order valence-corrected chi connectivity index (χ0v) is 18.5. The van der Waals surface area contributed by atoms with Crippen molar-refractivity contribution in [2.45, 2.75) is 25.8 Å². The third kappa shape index (κ3) is 4.68. The summed E-state index contributed by atoms with van der Waals surface area (Å²) >= 11 is 3.39. The van der Waals surface area contributed by atoms with Crippen molar-refractivity contribution in [2.75, 3.05) is 31.6 Å². The smallest absolute Gasteiger partial charge is 0.241 e. The second-order valence-corrected chi connectivity index (χ2v) is 8.62. The maximum Gasteiger partial charge on any atom is 0.241 e. The lowest BCUT2D eigenvalue weighted by Gasteiger charge is -2.34. The van der Waals surface area contributed by atoms with Crippen molar-refractivity contribution < 1.29 is 19.1 Å². The average Bonchev–Trinajstić information content (AvgIpc) is 2.79. The number of carbonyl (C=O) groups excluding carboxylic acids is 2. The van der Waals surface area contributed by atoms with Crippen LogP contribution in [0.4, 0.5) is 5.69 Å². The van der Waals surface area contributed by atoms with Gasteiger partial charge in [0.2, 0.25) is 5.91 Å². The van der Waals surface area contributed by atoms with Gasteiger partial charge in [-0.15, -0.1) is 0 Å². The lowest BCUT2D eigenvalue weighted by atomic mass is 9.88. The Labute approximate surface area is 184 Å². The molecule has 2 heterocycles. The second-order valence-electron chi connectivity index (χ2n) is 7.71. The van der Waals surface area contributed by atoms with Crippen molar-refractivity contribution >= 4 is 33.3 Å². The van der Waals surface area contributed by atoms with Crippen LogP contribution in [0, 0.1) is 5.92 Å². The molecule has 0 saturated carbocycles. The first kappa shape index (κ1) is 20.9. The summed E-state index contributed by atoms with van der Waals surface area (Å²) in [5.41, 5.74) is 1.44. The molecule has 1 N–H and O–H groups in total.